The molecule has 1 aromatic carbocycles. The summed E-state index contributed by atoms with van der Waals surface area (Å²) >= 11 is 6.36. The van der Waals surface area contributed by atoms with Gasteiger partial charge < -0.3 is 10.5 Å². The van der Waals surface area contributed by atoms with Crippen LogP contribution in [0.1, 0.15) is 29.2 Å². The fraction of sp³-hybridized carbons (Fsp3) is 0.571. The molecule has 2 nitrogen and oxygen atoms in total. The van der Waals surface area contributed by atoms with Crippen molar-refractivity contribution in [2.75, 3.05) is 13.7 Å². The van der Waals surface area contributed by atoms with Gasteiger partial charge in [-0.2, -0.15) is 0 Å². The minimum atomic E-state index is 0.431. The van der Waals surface area contributed by atoms with E-state index in [1.54, 1.807) is 7.11 Å². The Morgan fingerprint density at radius 1 is 1.18 bits per heavy atom. The number of rotatable bonds is 4. The number of ether oxygens (including phenoxy) is 1. The van der Waals surface area contributed by atoms with Crippen LogP contribution in [0.5, 0.6) is 5.75 Å². The summed E-state index contributed by atoms with van der Waals surface area (Å²) in [5.41, 5.74) is 10.2. The van der Waals surface area contributed by atoms with Gasteiger partial charge in [-0.25, -0.2) is 0 Å². The average Bonchev–Trinajstić information content (AvgIpc) is 2.33. The standard InChI is InChI=1S/C14H22ClNO/c1-8(7-16)6-12-11(4)13(15)9(2)10(3)14(12)17-5/h8H,6-7,16H2,1-5H3. The van der Waals surface area contributed by atoms with Crippen LogP contribution >= 0.6 is 11.6 Å². The van der Waals surface area contributed by atoms with Crippen molar-refractivity contribution < 1.29 is 4.74 Å². The minimum absolute atomic E-state index is 0.431. The molecule has 0 heterocycles. The normalized spacial score (nSPS) is 12.6. The number of benzene rings is 1. The van der Waals surface area contributed by atoms with Gasteiger partial charge in [0.25, 0.3) is 0 Å². The molecule has 0 fully saturated rings. The Balaban J connectivity index is 3.36. The van der Waals surface area contributed by atoms with Crippen LogP contribution in [0.2, 0.25) is 5.02 Å². The summed E-state index contributed by atoms with van der Waals surface area (Å²) in [5, 5.41) is 0.850. The van der Waals surface area contributed by atoms with Crippen molar-refractivity contribution in [1.82, 2.24) is 0 Å². The quantitative estimate of drug-likeness (QED) is 0.895. The maximum absolute atomic E-state index is 6.36. The number of nitrogens with two attached hydrogens (primary N) is 1. The largest absolute Gasteiger partial charge is 0.496 e. The molecule has 0 bridgehead atoms. The van der Waals surface area contributed by atoms with Gasteiger partial charge >= 0.3 is 0 Å². The Labute approximate surface area is 109 Å². The number of methoxy groups -OCH3 is 1. The van der Waals surface area contributed by atoms with E-state index in [1.807, 2.05) is 6.92 Å². The Morgan fingerprint density at radius 2 is 1.76 bits per heavy atom. The second-order valence-corrected chi connectivity index (χ2v) is 5.12. The van der Waals surface area contributed by atoms with Gasteiger partial charge in [-0.15, -0.1) is 0 Å². The first-order chi connectivity index (χ1) is 7.93. The molecular weight excluding hydrogens is 234 g/mol. The molecule has 0 aliphatic carbocycles. The molecule has 1 aromatic rings. The summed E-state index contributed by atoms with van der Waals surface area (Å²) in [6.45, 7) is 8.95. The zero-order valence-corrected chi connectivity index (χ0v) is 12.1. The molecule has 3 heteroatoms. The van der Waals surface area contributed by atoms with Crippen LogP contribution in [0, 0.1) is 26.7 Å². The maximum Gasteiger partial charge on any atom is 0.125 e. The highest BCUT2D eigenvalue weighted by molar-refractivity contribution is 6.32. The van der Waals surface area contributed by atoms with E-state index in [0.29, 0.717) is 12.5 Å². The number of halogens is 1. The molecule has 0 aromatic heterocycles. The zero-order valence-electron chi connectivity index (χ0n) is 11.4. The monoisotopic (exact) mass is 255 g/mol. The van der Waals surface area contributed by atoms with Crippen molar-refractivity contribution in [3.8, 4) is 5.75 Å². The van der Waals surface area contributed by atoms with E-state index in [2.05, 4.69) is 20.8 Å². The molecule has 0 amide bonds. The summed E-state index contributed by atoms with van der Waals surface area (Å²) in [6, 6.07) is 0. The summed E-state index contributed by atoms with van der Waals surface area (Å²) in [5.74, 6) is 1.39. The van der Waals surface area contributed by atoms with Crippen LogP contribution in [-0.4, -0.2) is 13.7 Å². The molecule has 96 valence electrons. The van der Waals surface area contributed by atoms with Gasteiger partial charge in [-0.3, -0.25) is 0 Å². The molecule has 17 heavy (non-hydrogen) atoms. The Bertz CT molecular complexity index is 415. The predicted octanol–water partition coefficient (Wildman–Crippen LogP) is 3.41. The van der Waals surface area contributed by atoms with Crippen LogP contribution in [-0.2, 0) is 6.42 Å². The zero-order chi connectivity index (χ0) is 13.2. The van der Waals surface area contributed by atoms with Crippen LogP contribution in [0.25, 0.3) is 0 Å². The summed E-state index contributed by atoms with van der Waals surface area (Å²) in [4.78, 5) is 0. The van der Waals surface area contributed by atoms with Crippen LogP contribution in [0.4, 0.5) is 0 Å². The lowest BCUT2D eigenvalue weighted by Crippen LogP contribution is -2.15. The Hall–Kier alpha value is -0.730. The van der Waals surface area contributed by atoms with Crippen molar-refractivity contribution in [3.63, 3.8) is 0 Å². The number of hydrogen-bond donors (Lipinski definition) is 1. The second kappa shape index (κ2) is 5.74. The van der Waals surface area contributed by atoms with Crippen molar-refractivity contribution in [3.05, 3.63) is 27.3 Å². The van der Waals surface area contributed by atoms with Crippen LogP contribution < -0.4 is 10.5 Å². The summed E-state index contributed by atoms with van der Waals surface area (Å²) in [7, 11) is 1.71. The molecule has 1 rings (SSSR count). The fourth-order valence-corrected chi connectivity index (χ4v) is 2.35. The average molecular weight is 256 g/mol. The van der Waals surface area contributed by atoms with Crippen LogP contribution in [0.3, 0.4) is 0 Å². The Kier molecular flexibility index (Phi) is 4.84. The van der Waals surface area contributed by atoms with Crippen LogP contribution in [0.15, 0.2) is 0 Å². The van der Waals surface area contributed by atoms with Crippen molar-refractivity contribution in [2.24, 2.45) is 11.7 Å². The van der Waals surface area contributed by atoms with Gasteiger partial charge in [0.1, 0.15) is 5.75 Å². The highest BCUT2D eigenvalue weighted by Gasteiger charge is 2.18. The van der Waals surface area contributed by atoms with Gasteiger partial charge in [-0.1, -0.05) is 18.5 Å². The highest BCUT2D eigenvalue weighted by atomic mass is 35.5. The van der Waals surface area contributed by atoms with Gasteiger partial charge in [0.05, 0.1) is 7.11 Å². The summed E-state index contributed by atoms with van der Waals surface area (Å²) in [6.07, 6.45) is 0.909. The lowest BCUT2D eigenvalue weighted by atomic mass is 9.92. The van der Waals surface area contributed by atoms with Crippen molar-refractivity contribution in [2.45, 2.75) is 34.1 Å². The molecule has 1 atom stereocenters. The van der Waals surface area contributed by atoms with E-state index < -0.39 is 0 Å². The van der Waals surface area contributed by atoms with E-state index in [1.165, 1.54) is 5.56 Å². The van der Waals surface area contributed by atoms with Gasteiger partial charge in [-0.05, 0) is 61.9 Å². The van der Waals surface area contributed by atoms with E-state index in [9.17, 15) is 0 Å². The van der Waals surface area contributed by atoms with Crippen molar-refractivity contribution in [1.29, 1.82) is 0 Å². The first-order valence-corrected chi connectivity index (χ1v) is 6.33. The predicted molar refractivity (Wildman–Crippen MR) is 74.1 cm³/mol. The van der Waals surface area contributed by atoms with E-state index in [4.69, 9.17) is 22.1 Å². The minimum Gasteiger partial charge on any atom is -0.496 e. The Morgan fingerprint density at radius 3 is 2.24 bits per heavy atom. The molecule has 2 N–H and O–H groups in total. The van der Waals surface area contributed by atoms with Gasteiger partial charge in [0.15, 0.2) is 0 Å². The first kappa shape index (κ1) is 14.3. The molecule has 0 saturated heterocycles. The second-order valence-electron chi connectivity index (χ2n) is 4.75. The SMILES string of the molecule is COc1c(C)c(C)c(Cl)c(C)c1CC(C)CN. The molecule has 0 saturated carbocycles. The lowest BCUT2D eigenvalue weighted by Gasteiger charge is -2.20. The smallest absolute Gasteiger partial charge is 0.125 e. The van der Waals surface area contributed by atoms with Crippen molar-refractivity contribution >= 4 is 11.6 Å². The molecule has 0 aliphatic heterocycles. The van der Waals surface area contributed by atoms with E-state index >= 15 is 0 Å². The molecule has 0 radical (unpaired) electrons. The van der Waals surface area contributed by atoms with E-state index in [0.717, 1.165) is 33.9 Å². The molecule has 0 aliphatic rings. The summed E-state index contributed by atoms with van der Waals surface area (Å²) < 4.78 is 5.54. The van der Waals surface area contributed by atoms with E-state index in [-0.39, 0.29) is 0 Å². The fourth-order valence-electron chi connectivity index (χ4n) is 2.10. The third kappa shape index (κ3) is 2.75. The third-order valence-corrected chi connectivity index (χ3v) is 4.01. The first-order valence-electron chi connectivity index (χ1n) is 5.96. The van der Waals surface area contributed by atoms with Gasteiger partial charge in [0.2, 0.25) is 0 Å². The third-order valence-electron chi connectivity index (χ3n) is 3.45. The molecule has 0 spiro atoms. The maximum atomic E-state index is 6.36. The molecule has 1 unspecified atom stereocenters. The highest BCUT2D eigenvalue weighted by Crippen LogP contribution is 2.36. The lowest BCUT2D eigenvalue weighted by molar-refractivity contribution is 0.401. The van der Waals surface area contributed by atoms with Gasteiger partial charge in [0, 0.05) is 5.02 Å². The number of hydrogen-bond acceptors (Lipinski definition) is 2. The topological polar surface area (TPSA) is 35.2 Å². The molecular formula is C14H22ClNO.